The van der Waals surface area contributed by atoms with Crippen molar-refractivity contribution in [2.75, 3.05) is 26.4 Å². The lowest BCUT2D eigenvalue weighted by Crippen LogP contribution is -2.42. The van der Waals surface area contributed by atoms with E-state index in [4.69, 9.17) is 14.2 Å². The second kappa shape index (κ2) is 8.11. The zero-order chi connectivity index (χ0) is 22.2. The van der Waals surface area contributed by atoms with Gasteiger partial charge in [-0.2, -0.15) is 0 Å². The minimum absolute atomic E-state index is 0.0382. The molecule has 1 fully saturated rings. The Bertz CT molecular complexity index is 1000. The number of aliphatic hydroxyl groups is 1. The molecule has 0 radical (unpaired) electrons. The number of nitrogens with zero attached hydrogens (tertiary/aromatic N) is 1. The van der Waals surface area contributed by atoms with Crippen LogP contribution in [0.5, 0.6) is 17.2 Å². The third-order valence-corrected chi connectivity index (χ3v) is 5.62. The molecule has 4 rings (SSSR count). The van der Waals surface area contributed by atoms with E-state index in [1.807, 2.05) is 32.0 Å². The van der Waals surface area contributed by atoms with Crippen LogP contribution in [-0.4, -0.2) is 54.4 Å². The maximum Gasteiger partial charge on any atom is 0.325 e. The quantitative estimate of drug-likeness (QED) is 0.688. The molecule has 0 saturated carbocycles. The smallest absolute Gasteiger partial charge is 0.325 e. The summed E-state index contributed by atoms with van der Waals surface area (Å²) in [5, 5.41) is 13.2. The summed E-state index contributed by atoms with van der Waals surface area (Å²) in [4.78, 5) is 26.7. The number of rotatable bonds is 6. The van der Waals surface area contributed by atoms with Crippen molar-refractivity contribution >= 4 is 11.9 Å². The average molecular weight is 426 g/mol. The third-order valence-electron chi connectivity index (χ3n) is 5.62. The van der Waals surface area contributed by atoms with Crippen molar-refractivity contribution in [3.63, 3.8) is 0 Å². The Morgan fingerprint density at radius 3 is 2.52 bits per heavy atom. The van der Waals surface area contributed by atoms with Crippen molar-refractivity contribution in [3.05, 3.63) is 53.1 Å². The molecule has 2 aliphatic rings. The molecule has 2 aliphatic heterocycles. The van der Waals surface area contributed by atoms with Gasteiger partial charge in [-0.15, -0.1) is 0 Å². The number of benzene rings is 2. The number of para-hydroxylation sites is 1. The average Bonchev–Trinajstić information content (AvgIpc) is 2.97. The molecule has 8 nitrogen and oxygen atoms in total. The normalized spacial score (nSPS) is 21.1. The fourth-order valence-corrected chi connectivity index (χ4v) is 3.88. The number of amides is 3. The molecule has 2 heterocycles. The first-order valence-corrected chi connectivity index (χ1v) is 10.2. The van der Waals surface area contributed by atoms with Gasteiger partial charge in [-0.1, -0.05) is 24.3 Å². The number of fused-ring (bicyclic) bond motifs is 1. The summed E-state index contributed by atoms with van der Waals surface area (Å²) < 4.78 is 16.9. The zero-order valence-corrected chi connectivity index (χ0v) is 17.8. The minimum Gasteiger partial charge on any atom is -0.490 e. The monoisotopic (exact) mass is 426 g/mol. The molecular weight excluding hydrogens is 400 g/mol. The summed E-state index contributed by atoms with van der Waals surface area (Å²) >= 11 is 0. The molecule has 8 heteroatoms. The van der Waals surface area contributed by atoms with Crippen molar-refractivity contribution < 1.29 is 28.9 Å². The van der Waals surface area contributed by atoms with Crippen LogP contribution in [-0.2, 0) is 10.3 Å². The summed E-state index contributed by atoms with van der Waals surface area (Å²) in [6.07, 6.45) is -1.03. The first-order chi connectivity index (χ1) is 14.8. The van der Waals surface area contributed by atoms with E-state index in [2.05, 4.69) is 5.32 Å². The van der Waals surface area contributed by atoms with Gasteiger partial charge in [0, 0.05) is 0 Å². The first kappa shape index (κ1) is 21.0. The van der Waals surface area contributed by atoms with Crippen LogP contribution in [0, 0.1) is 13.8 Å². The summed E-state index contributed by atoms with van der Waals surface area (Å²) in [6.45, 7) is 6.16. The number of hydrogen-bond donors (Lipinski definition) is 2. The van der Waals surface area contributed by atoms with Crippen LogP contribution in [0.2, 0.25) is 0 Å². The Hall–Kier alpha value is -3.26. The van der Waals surface area contributed by atoms with Crippen LogP contribution in [0.1, 0.15) is 23.6 Å². The second-order valence-corrected chi connectivity index (χ2v) is 8.02. The Morgan fingerprint density at radius 2 is 1.81 bits per heavy atom. The number of ether oxygens (including phenoxy) is 3. The molecule has 0 bridgehead atoms. The van der Waals surface area contributed by atoms with E-state index >= 15 is 0 Å². The van der Waals surface area contributed by atoms with E-state index < -0.39 is 23.6 Å². The lowest BCUT2D eigenvalue weighted by atomic mass is 9.91. The van der Waals surface area contributed by atoms with E-state index in [-0.39, 0.29) is 13.2 Å². The highest BCUT2D eigenvalue weighted by atomic mass is 16.6. The lowest BCUT2D eigenvalue weighted by molar-refractivity contribution is -0.132. The number of hydrogen-bond acceptors (Lipinski definition) is 6. The fraction of sp³-hybridized carbons (Fsp3) is 0.391. The number of carbonyl (C=O) groups excluding carboxylic acids is 2. The van der Waals surface area contributed by atoms with Crippen LogP contribution in [0.25, 0.3) is 0 Å². The van der Waals surface area contributed by atoms with E-state index in [0.717, 1.165) is 16.0 Å². The van der Waals surface area contributed by atoms with Gasteiger partial charge in [0.15, 0.2) is 11.5 Å². The van der Waals surface area contributed by atoms with E-state index in [0.29, 0.717) is 36.0 Å². The largest absolute Gasteiger partial charge is 0.490 e. The van der Waals surface area contributed by atoms with Gasteiger partial charge < -0.3 is 24.6 Å². The molecular formula is C23H26N2O6. The summed E-state index contributed by atoms with van der Waals surface area (Å²) in [5.41, 5.74) is 1.22. The Balaban J connectivity index is 1.45. The summed E-state index contributed by atoms with van der Waals surface area (Å²) in [6, 6.07) is 10.4. The number of imide groups is 1. The van der Waals surface area contributed by atoms with Crippen molar-refractivity contribution in [2.24, 2.45) is 0 Å². The Kier molecular flexibility index (Phi) is 5.49. The molecule has 31 heavy (non-hydrogen) atoms. The molecule has 2 N–H and O–H groups in total. The molecule has 2 aromatic rings. The van der Waals surface area contributed by atoms with Gasteiger partial charge in [0.1, 0.15) is 37.2 Å². The zero-order valence-electron chi connectivity index (χ0n) is 17.8. The predicted molar refractivity (Wildman–Crippen MR) is 112 cm³/mol. The van der Waals surface area contributed by atoms with Crippen molar-refractivity contribution in [3.8, 4) is 17.2 Å². The SMILES string of the molecule is Cc1cccc(C)c1OC[C@H](O)CN1C(=O)N[C@](C)(c2ccc3c(c2)OCCO3)C1=O. The number of aliphatic hydroxyl groups excluding tert-OH is 1. The number of urea groups is 1. The van der Waals surface area contributed by atoms with Crippen molar-refractivity contribution in [1.29, 1.82) is 0 Å². The molecule has 1 saturated heterocycles. The van der Waals surface area contributed by atoms with E-state index in [1.54, 1.807) is 25.1 Å². The van der Waals surface area contributed by atoms with Gasteiger partial charge in [0.2, 0.25) is 0 Å². The molecule has 164 valence electrons. The molecule has 2 aromatic carbocycles. The summed E-state index contributed by atoms with van der Waals surface area (Å²) in [7, 11) is 0. The van der Waals surface area contributed by atoms with E-state index in [1.165, 1.54) is 0 Å². The molecule has 0 aliphatic carbocycles. The minimum atomic E-state index is -1.26. The standard InChI is InChI=1S/C23H26N2O6/c1-14-5-4-6-15(2)20(14)31-13-17(26)12-25-21(27)23(3,24-22(25)28)16-7-8-18-19(11-16)30-10-9-29-18/h4-8,11,17,26H,9-10,12-13H2,1-3H3,(H,24,28)/t17-,23-/m1/s1. The third kappa shape index (κ3) is 3.90. The molecule has 2 atom stereocenters. The van der Waals surface area contributed by atoms with Crippen LogP contribution >= 0.6 is 0 Å². The molecule has 3 amide bonds. The molecule has 0 unspecified atom stereocenters. The van der Waals surface area contributed by atoms with Crippen LogP contribution in [0.3, 0.4) is 0 Å². The molecule has 0 aromatic heterocycles. The highest BCUT2D eigenvalue weighted by Gasteiger charge is 2.49. The fourth-order valence-electron chi connectivity index (χ4n) is 3.88. The number of carbonyl (C=O) groups is 2. The highest BCUT2D eigenvalue weighted by molar-refractivity contribution is 6.07. The molecule has 0 spiro atoms. The number of β-amino-alcohol motifs (C(OH)–C–C–N with tert-alkyl or cyclic N) is 1. The Morgan fingerprint density at radius 1 is 1.13 bits per heavy atom. The van der Waals surface area contributed by atoms with Gasteiger partial charge in [0.05, 0.1) is 6.54 Å². The van der Waals surface area contributed by atoms with Gasteiger partial charge in [-0.05, 0) is 49.6 Å². The summed E-state index contributed by atoms with van der Waals surface area (Å²) in [5.74, 6) is 1.39. The highest BCUT2D eigenvalue weighted by Crippen LogP contribution is 2.37. The second-order valence-electron chi connectivity index (χ2n) is 8.02. The van der Waals surface area contributed by atoms with Crippen LogP contribution in [0.15, 0.2) is 36.4 Å². The van der Waals surface area contributed by atoms with Gasteiger partial charge in [0.25, 0.3) is 5.91 Å². The van der Waals surface area contributed by atoms with Gasteiger partial charge >= 0.3 is 6.03 Å². The number of aryl methyl sites for hydroxylation is 2. The number of nitrogens with one attached hydrogen (secondary N) is 1. The van der Waals surface area contributed by atoms with Gasteiger partial charge in [-0.3, -0.25) is 9.69 Å². The maximum absolute atomic E-state index is 13.1. The van der Waals surface area contributed by atoms with Crippen molar-refractivity contribution in [1.82, 2.24) is 10.2 Å². The van der Waals surface area contributed by atoms with Crippen LogP contribution in [0.4, 0.5) is 4.79 Å². The van der Waals surface area contributed by atoms with Crippen LogP contribution < -0.4 is 19.5 Å². The Labute approximate surface area is 180 Å². The maximum atomic E-state index is 13.1. The predicted octanol–water partition coefficient (Wildman–Crippen LogP) is 2.28. The van der Waals surface area contributed by atoms with Gasteiger partial charge in [-0.25, -0.2) is 4.79 Å². The lowest BCUT2D eigenvalue weighted by Gasteiger charge is -2.25. The van der Waals surface area contributed by atoms with Crippen molar-refractivity contribution in [2.45, 2.75) is 32.4 Å². The topological polar surface area (TPSA) is 97.3 Å². The van der Waals surface area contributed by atoms with E-state index in [9.17, 15) is 14.7 Å². The first-order valence-electron chi connectivity index (χ1n) is 10.2.